The molecule has 32 heavy (non-hydrogen) atoms. The van der Waals surface area contributed by atoms with E-state index in [0.717, 1.165) is 28.5 Å². The molecule has 0 heterocycles. The van der Waals surface area contributed by atoms with Crippen molar-refractivity contribution in [3.63, 3.8) is 0 Å². The van der Waals surface area contributed by atoms with Crippen LogP contribution < -0.4 is 4.74 Å². The number of rotatable bonds is 10. The average molecular weight is 437 g/mol. The van der Waals surface area contributed by atoms with Crippen LogP contribution in [0.15, 0.2) is 43.0 Å². The lowest BCUT2D eigenvalue weighted by Crippen LogP contribution is -2.30. The molecule has 0 spiro atoms. The number of benzene rings is 2. The maximum atomic E-state index is 14.8. The summed E-state index contributed by atoms with van der Waals surface area (Å²) >= 11 is 0. The predicted octanol–water partition coefficient (Wildman–Crippen LogP) is 9.20. The molecule has 0 amide bonds. The first-order chi connectivity index (χ1) is 15.7. The van der Waals surface area contributed by atoms with E-state index < -0.39 is 0 Å². The summed E-state index contributed by atoms with van der Waals surface area (Å²) in [5.41, 5.74) is 1.33. The van der Waals surface area contributed by atoms with Gasteiger partial charge < -0.3 is 4.74 Å². The Labute approximate surface area is 194 Å². The minimum Gasteiger partial charge on any atom is -0.489 e. The van der Waals surface area contributed by atoms with Crippen LogP contribution in [0.3, 0.4) is 0 Å². The van der Waals surface area contributed by atoms with Gasteiger partial charge in [0.2, 0.25) is 0 Å². The van der Waals surface area contributed by atoms with Gasteiger partial charge in [-0.3, -0.25) is 0 Å². The Morgan fingerprint density at radius 3 is 2.62 bits per heavy atom. The van der Waals surface area contributed by atoms with Crippen LogP contribution in [-0.2, 0) is 0 Å². The Kier molecular flexibility index (Phi) is 8.27. The van der Waals surface area contributed by atoms with Gasteiger partial charge in [-0.25, -0.2) is 4.39 Å². The van der Waals surface area contributed by atoms with Gasteiger partial charge in [-0.1, -0.05) is 76.7 Å². The lowest BCUT2D eigenvalue weighted by Gasteiger charge is -2.42. The summed E-state index contributed by atoms with van der Waals surface area (Å²) in [7, 11) is 0. The molecule has 0 aliphatic heterocycles. The molecule has 2 aromatic rings. The molecule has 2 fully saturated rings. The van der Waals surface area contributed by atoms with Crippen LogP contribution >= 0.6 is 0 Å². The molecule has 0 aromatic heterocycles. The fourth-order valence-corrected chi connectivity index (χ4v) is 6.38. The van der Waals surface area contributed by atoms with E-state index in [1.165, 1.54) is 88.7 Å². The largest absolute Gasteiger partial charge is 0.489 e. The predicted molar refractivity (Wildman–Crippen MR) is 134 cm³/mol. The van der Waals surface area contributed by atoms with Crippen molar-refractivity contribution < 1.29 is 9.13 Å². The second-order valence-corrected chi connectivity index (χ2v) is 10.4. The lowest BCUT2D eigenvalue weighted by atomic mass is 9.63. The highest BCUT2D eigenvalue weighted by atomic mass is 19.1. The fraction of sp³-hybridized carbons (Fsp3) is 0.600. The minimum absolute atomic E-state index is 0.184. The Bertz CT molecular complexity index is 888. The summed E-state index contributed by atoms with van der Waals surface area (Å²) in [6.07, 6.45) is 18.4. The van der Waals surface area contributed by atoms with E-state index in [4.69, 9.17) is 4.74 Å². The third kappa shape index (κ3) is 5.74. The Balaban J connectivity index is 1.34. The van der Waals surface area contributed by atoms with Crippen LogP contribution in [0.5, 0.6) is 5.75 Å². The second kappa shape index (κ2) is 11.3. The maximum absolute atomic E-state index is 14.8. The van der Waals surface area contributed by atoms with Gasteiger partial charge in [0.15, 0.2) is 0 Å². The number of hydrogen-bond donors (Lipinski definition) is 0. The number of unbranched alkanes of at least 4 members (excludes halogenated alkanes) is 4. The maximum Gasteiger partial charge on any atom is 0.134 e. The van der Waals surface area contributed by atoms with E-state index in [9.17, 15) is 4.39 Å². The summed E-state index contributed by atoms with van der Waals surface area (Å²) in [5, 5.41) is 1.64. The molecular weight excluding hydrogens is 395 g/mol. The van der Waals surface area contributed by atoms with Gasteiger partial charge in [-0.15, -0.1) is 0 Å². The molecule has 174 valence electrons. The molecule has 4 atom stereocenters. The number of halogens is 1. The van der Waals surface area contributed by atoms with Crippen molar-refractivity contribution in [1.29, 1.82) is 0 Å². The first-order valence-electron chi connectivity index (χ1n) is 13.1. The summed E-state index contributed by atoms with van der Waals surface area (Å²) in [5.74, 6) is 3.76. The number of ether oxygens (including phenoxy) is 1. The molecule has 1 nitrogen and oxygen atoms in total. The van der Waals surface area contributed by atoms with Crippen LogP contribution in [0, 0.1) is 23.6 Å². The third-order valence-corrected chi connectivity index (χ3v) is 8.18. The van der Waals surface area contributed by atoms with Crippen molar-refractivity contribution in [3.05, 3.63) is 54.4 Å². The van der Waals surface area contributed by atoms with Gasteiger partial charge in [-0.2, -0.15) is 0 Å². The van der Waals surface area contributed by atoms with Crippen molar-refractivity contribution in [2.24, 2.45) is 17.8 Å². The van der Waals surface area contributed by atoms with Crippen molar-refractivity contribution in [1.82, 2.24) is 0 Å². The zero-order chi connectivity index (χ0) is 22.3. The first kappa shape index (κ1) is 23.3. The van der Waals surface area contributed by atoms with Gasteiger partial charge in [0, 0.05) is 11.5 Å². The first-order valence-corrected chi connectivity index (χ1v) is 13.1. The molecular formula is C30H41FO. The highest BCUT2D eigenvalue weighted by molar-refractivity contribution is 5.85. The van der Waals surface area contributed by atoms with E-state index in [-0.39, 0.29) is 5.82 Å². The SMILES string of the molecule is C=CCOc1cc(F)c2cc([C@@H]3CC[C@@H]4CC(CCCCCCC)CCC4C3)ccc2c1. The van der Waals surface area contributed by atoms with E-state index >= 15 is 0 Å². The molecule has 2 unspecified atom stereocenters. The van der Waals surface area contributed by atoms with Gasteiger partial charge in [-0.05, 0) is 78.9 Å². The normalized spacial score (nSPS) is 25.4. The molecule has 2 aliphatic carbocycles. The van der Waals surface area contributed by atoms with Gasteiger partial charge in [0.1, 0.15) is 18.2 Å². The molecule has 0 radical (unpaired) electrons. The molecule has 2 aliphatic rings. The van der Waals surface area contributed by atoms with E-state index in [2.05, 4.69) is 31.7 Å². The van der Waals surface area contributed by atoms with Gasteiger partial charge in [0.05, 0.1) is 0 Å². The molecule has 0 saturated heterocycles. The van der Waals surface area contributed by atoms with Crippen molar-refractivity contribution in [3.8, 4) is 5.75 Å². The molecule has 2 heteroatoms. The van der Waals surface area contributed by atoms with Crippen LogP contribution in [0.1, 0.15) is 95.5 Å². The Morgan fingerprint density at radius 1 is 0.969 bits per heavy atom. The topological polar surface area (TPSA) is 9.23 Å². The third-order valence-electron chi connectivity index (χ3n) is 8.18. The zero-order valence-electron chi connectivity index (χ0n) is 20.0. The summed E-state index contributed by atoms with van der Waals surface area (Å²) < 4.78 is 20.3. The number of fused-ring (bicyclic) bond motifs is 2. The zero-order valence-corrected chi connectivity index (χ0v) is 20.0. The Hall–Kier alpha value is -1.83. The highest BCUT2D eigenvalue weighted by Gasteiger charge is 2.35. The highest BCUT2D eigenvalue weighted by Crippen LogP contribution is 2.48. The molecule has 4 rings (SSSR count). The minimum atomic E-state index is -0.184. The molecule has 0 bridgehead atoms. The quantitative estimate of drug-likeness (QED) is 0.266. The van der Waals surface area contributed by atoms with E-state index in [1.54, 1.807) is 6.08 Å². The monoisotopic (exact) mass is 436 g/mol. The molecule has 2 aromatic carbocycles. The average Bonchev–Trinajstić information content (AvgIpc) is 2.82. The van der Waals surface area contributed by atoms with Crippen LogP contribution in [-0.4, -0.2) is 6.61 Å². The van der Waals surface area contributed by atoms with Crippen molar-refractivity contribution >= 4 is 10.8 Å². The second-order valence-electron chi connectivity index (χ2n) is 10.4. The van der Waals surface area contributed by atoms with Crippen LogP contribution in [0.4, 0.5) is 4.39 Å². The summed E-state index contributed by atoms with van der Waals surface area (Å²) in [6.45, 7) is 6.35. The number of hydrogen-bond acceptors (Lipinski definition) is 1. The van der Waals surface area contributed by atoms with Crippen LogP contribution in [0.2, 0.25) is 0 Å². The summed E-state index contributed by atoms with van der Waals surface area (Å²) in [6, 6.07) is 9.86. The fourth-order valence-electron chi connectivity index (χ4n) is 6.38. The van der Waals surface area contributed by atoms with E-state index in [0.29, 0.717) is 18.3 Å². The molecule has 2 saturated carbocycles. The van der Waals surface area contributed by atoms with Crippen molar-refractivity contribution in [2.45, 2.75) is 89.9 Å². The van der Waals surface area contributed by atoms with Gasteiger partial charge in [0.25, 0.3) is 0 Å². The van der Waals surface area contributed by atoms with Crippen LogP contribution in [0.25, 0.3) is 10.8 Å². The smallest absolute Gasteiger partial charge is 0.134 e. The Morgan fingerprint density at radius 2 is 1.78 bits per heavy atom. The summed E-state index contributed by atoms with van der Waals surface area (Å²) in [4.78, 5) is 0. The molecule has 0 N–H and O–H groups in total. The van der Waals surface area contributed by atoms with Gasteiger partial charge >= 0.3 is 0 Å². The van der Waals surface area contributed by atoms with Crippen molar-refractivity contribution in [2.75, 3.05) is 6.61 Å². The lowest BCUT2D eigenvalue weighted by molar-refractivity contribution is 0.113. The standard InChI is InChI=1S/C30H41FO/c1-3-5-6-7-8-9-22-10-11-24-18-25(13-12-23(24)17-22)26-14-15-27-19-28(32-16-4-2)21-30(31)29(27)20-26/h4,14-15,19-25H,2-3,5-13,16-18H2,1H3/t22?,23-,24?,25-/m1/s1. The van der Waals surface area contributed by atoms with E-state index in [1.807, 2.05) is 6.07 Å².